The predicted molar refractivity (Wildman–Crippen MR) is 304 cm³/mol. The van der Waals surface area contributed by atoms with Gasteiger partial charge in [0.25, 0.3) is 0 Å². The van der Waals surface area contributed by atoms with Crippen molar-refractivity contribution in [2.75, 3.05) is 13.2 Å². The van der Waals surface area contributed by atoms with Crippen LogP contribution in [-0.2, 0) is 14.3 Å². The minimum Gasteiger partial charge on any atom is -0.394 e. The van der Waals surface area contributed by atoms with Gasteiger partial charge in [0, 0.05) is 6.42 Å². The first-order valence-electron chi connectivity index (χ1n) is 30.1. The molecular weight excluding hydrogens is 899 g/mol. The summed E-state index contributed by atoms with van der Waals surface area (Å²) in [6.07, 6.45) is 65.1. The molecule has 418 valence electrons. The summed E-state index contributed by atoms with van der Waals surface area (Å²) in [4.78, 5) is 13.1. The average molecular weight is 1010 g/mol. The lowest BCUT2D eigenvalue weighted by Crippen LogP contribution is -2.60. The molecule has 0 aromatic rings. The monoisotopic (exact) mass is 1010 g/mol. The van der Waals surface area contributed by atoms with E-state index in [0.717, 1.165) is 70.6 Å². The number of unbranched alkanes of at least 4 members (excludes halogenated alkanes) is 29. The van der Waals surface area contributed by atoms with E-state index in [1.807, 2.05) is 0 Å². The number of carbonyl (C=O) groups excluding carboxylic acids is 1. The number of ether oxygens (including phenoxy) is 2. The topological polar surface area (TPSA) is 149 Å². The Hall–Kier alpha value is -2.37. The molecule has 0 bridgehead atoms. The molecule has 1 amide bonds. The zero-order chi connectivity index (χ0) is 52.2. The van der Waals surface area contributed by atoms with Crippen LogP contribution in [0.25, 0.3) is 0 Å². The Morgan fingerprint density at radius 1 is 0.486 bits per heavy atom. The number of nitrogens with one attached hydrogen (secondary N) is 1. The molecule has 9 heteroatoms. The lowest BCUT2D eigenvalue weighted by atomic mass is 9.99. The Bertz CT molecular complexity index is 1360. The van der Waals surface area contributed by atoms with Gasteiger partial charge in [-0.2, -0.15) is 0 Å². The molecule has 1 fully saturated rings. The normalized spacial score (nSPS) is 19.7. The van der Waals surface area contributed by atoms with Crippen LogP contribution in [0.3, 0.4) is 0 Å². The third-order valence-corrected chi connectivity index (χ3v) is 14.1. The molecule has 0 aromatic carbocycles. The van der Waals surface area contributed by atoms with E-state index in [1.54, 1.807) is 0 Å². The van der Waals surface area contributed by atoms with Crippen LogP contribution in [-0.4, -0.2) is 87.5 Å². The summed E-state index contributed by atoms with van der Waals surface area (Å²) in [7, 11) is 0. The second kappa shape index (κ2) is 52.1. The molecule has 7 unspecified atom stereocenters. The van der Waals surface area contributed by atoms with E-state index in [-0.39, 0.29) is 12.5 Å². The molecule has 0 spiro atoms. The first-order valence-corrected chi connectivity index (χ1v) is 30.1. The van der Waals surface area contributed by atoms with Gasteiger partial charge in [-0.1, -0.05) is 267 Å². The van der Waals surface area contributed by atoms with Crippen molar-refractivity contribution in [2.45, 2.75) is 307 Å². The third kappa shape index (κ3) is 40.9. The molecular formula is C63H113NO8. The van der Waals surface area contributed by atoms with Crippen LogP contribution in [0.5, 0.6) is 0 Å². The Morgan fingerprint density at radius 2 is 0.861 bits per heavy atom. The van der Waals surface area contributed by atoms with E-state index >= 15 is 0 Å². The number of rotatable bonds is 51. The molecule has 1 saturated heterocycles. The largest absolute Gasteiger partial charge is 0.394 e. The summed E-state index contributed by atoms with van der Waals surface area (Å²) < 4.78 is 11.3. The summed E-state index contributed by atoms with van der Waals surface area (Å²) in [6.45, 7) is 3.72. The van der Waals surface area contributed by atoms with Gasteiger partial charge in [0.1, 0.15) is 24.4 Å². The van der Waals surface area contributed by atoms with E-state index in [1.165, 1.54) is 161 Å². The maximum Gasteiger partial charge on any atom is 0.220 e. The number of hydrogen-bond acceptors (Lipinski definition) is 8. The highest BCUT2D eigenvalue weighted by Gasteiger charge is 2.44. The zero-order valence-electron chi connectivity index (χ0n) is 46.4. The maximum absolute atomic E-state index is 13.1. The molecule has 7 atom stereocenters. The Labute approximate surface area is 442 Å². The number of allylic oxidation sites excluding steroid dienone is 12. The Balaban J connectivity index is 2.21. The van der Waals surface area contributed by atoms with Gasteiger partial charge in [0.05, 0.1) is 25.4 Å². The number of carbonyl (C=O) groups is 1. The molecule has 1 aliphatic rings. The van der Waals surface area contributed by atoms with E-state index in [2.05, 4.69) is 92.1 Å². The summed E-state index contributed by atoms with van der Waals surface area (Å²) in [5.41, 5.74) is 0. The Kier molecular flexibility index (Phi) is 48.9. The molecule has 0 aromatic heterocycles. The molecule has 0 saturated carbocycles. The second-order valence-electron chi connectivity index (χ2n) is 20.8. The van der Waals surface area contributed by atoms with E-state index in [9.17, 15) is 30.3 Å². The van der Waals surface area contributed by atoms with Crippen LogP contribution in [0.1, 0.15) is 264 Å². The van der Waals surface area contributed by atoms with Crippen molar-refractivity contribution in [3.63, 3.8) is 0 Å². The van der Waals surface area contributed by atoms with E-state index in [4.69, 9.17) is 9.47 Å². The highest BCUT2D eigenvalue weighted by atomic mass is 16.7. The van der Waals surface area contributed by atoms with Crippen LogP contribution in [0.15, 0.2) is 72.9 Å². The molecule has 1 heterocycles. The second-order valence-corrected chi connectivity index (χ2v) is 20.8. The SMILES string of the molecule is CC/C=C\C/C=C\C/C=C\C/C=C\C/C=C\C/C=C\CCCCC(=O)NC(COC1OC(CO)C(O)C(O)C1O)C(O)CCCCCCCCCCCCCCCCCCCCCCCCCCCCCC. The number of hydrogen-bond donors (Lipinski definition) is 6. The molecule has 6 N–H and O–H groups in total. The van der Waals surface area contributed by atoms with Crippen molar-refractivity contribution in [1.29, 1.82) is 0 Å². The van der Waals surface area contributed by atoms with Gasteiger partial charge in [-0.25, -0.2) is 0 Å². The minimum atomic E-state index is -1.57. The predicted octanol–water partition coefficient (Wildman–Crippen LogP) is 15.2. The smallest absolute Gasteiger partial charge is 0.220 e. The molecule has 0 aliphatic carbocycles. The fourth-order valence-corrected chi connectivity index (χ4v) is 9.34. The van der Waals surface area contributed by atoms with Gasteiger partial charge in [-0.15, -0.1) is 0 Å². The van der Waals surface area contributed by atoms with E-state index in [0.29, 0.717) is 19.3 Å². The molecule has 1 aliphatic heterocycles. The molecule has 1 rings (SSSR count). The van der Waals surface area contributed by atoms with Crippen LogP contribution in [0.4, 0.5) is 0 Å². The number of aliphatic hydroxyl groups is 5. The van der Waals surface area contributed by atoms with E-state index < -0.39 is 49.5 Å². The summed E-state index contributed by atoms with van der Waals surface area (Å²) in [5.74, 6) is -0.186. The lowest BCUT2D eigenvalue weighted by Gasteiger charge is -2.40. The standard InChI is InChI=1S/C63H113NO8/c1-3-5-7-9-11-13-15-17-19-21-23-25-26-27-28-29-30-31-33-34-36-38-40-42-44-46-48-50-52-57(66)56(55-71-63-62(70)61(69)60(68)58(54-65)72-63)64-59(67)53-51-49-47-45-43-41-39-37-35-32-24-22-20-18-16-14-12-10-8-6-4-2/h6,8,12,14,18,20,24,32,37,39,43,45,56-58,60-63,65-66,68-70H,3-5,7,9-11,13,15-17,19,21-23,25-31,33-36,38,40-42,44,46-55H2,1-2H3,(H,64,67)/b8-6-,14-12-,20-18-,32-24-,39-37-,45-43-. The maximum atomic E-state index is 13.1. The summed E-state index contributed by atoms with van der Waals surface area (Å²) >= 11 is 0. The van der Waals surface area contributed by atoms with Crippen LogP contribution >= 0.6 is 0 Å². The minimum absolute atomic E-state index is 0.159. The van der Waals surface area contributed by atoms with Crippen LogP contribution in [0, 0.1) is 0 Å². The van der Waals surface area contributed by atoms with Gasteiger partial charge in [-0.05, 0) is 64.2 Å². The number of amides is 1. The van der Waals surface area contributed by atoms with Crippen LogP contribution in [0.2, 0.25) is 0 Å². The van der Waals surface area contributed by atoms with Gasteiger partial charge in [0.15, 0.2) is 6.29 Å². The lowest BCUT2D eigenvalue weighted by molar-refractivity contribution is -0.302. The third-order valence-electron chi connectivity index (χ3n) is 14.1. The van der Waals surface area contributed by atoms with Crippen molar-refractivity contribution in [2.24, 2.45) is 0 Å². The van der Waals surface area contributed by atoms with Crippen molar-refractivity contribution >= 4 is 5.91 Å². The molecule has 0 radical (unpaired) electrons. The van der Waals surface area contributed by atoms with Gasteiger partial charge >= 0.3 is 0 Å². The fraction of sp³-hybridized carbons (Fsp3) is 0.794. The average Bonchev–Trinajstić information content (AvgIpc) is 3.38. The van der Waals surface area contributed by atoms with Crippen LogP contribution < -0.4 is 5.32 Å². The van der Waals surface area contributed by atoms with Gasteiger partial charge in [0.2, 0.25) is 5.91 Å². The van der Waals surface area contributed by atoms with Crippen molar-refractivity contribution in [1.82, 2.24) is 5.32 Å². The van der Waals surface area contributed by atoms with Crippen molar-refractivity contribution in [3.05, 3.63) is 72.9 Å². The van der Waals surface area contributed by atoms with Gasteiger partial charge < -0.3 is 40.3 Å². The first kappa shape index (κ1) is 67.6. The summed E-state index contributed by atoms with van der Waals surface area (Å²) in [5, 5.41) is 54.7. The summed E-state index contributed by atoms with van der Waals surface area (Å²) in [6, 6.07) is -0.748. The first-order chi connectivity index (χ1) is 35.3. The van der Waals surface area contributed by atoms with Gasteiger partial charge in [-0.3, -0.25) is 4.79 Å². The molecule has 9 nitrogen and oxygen atoms in total. The molecule has 72 heavy (non-hydrogen) atoms. The highest BCUT2D eigenvalue weighted by molar-refractivity contribution is 5.76. The Morgan fingerprint density at radius 3 is 1.25 bits per heavy atom. The van der Waals surface area contributed by atoms with Crippen molar-refractivity contribution in [3.8, 4) is 0 Å². The fourth-order valence-electron chi connectivity index (χ4n) is 9.34. The van der Waals surface area contributed by atoms with Crippen molar-refractivity contribution < 1.29 is 39.8 Å². The zero-order valence-corrected chi connectivity index (χ0v) is 46.4. The highest BCUT2D eigenvalue weighted by Crippen LogP contribution is 2.23. The quantitative estimate of drug-likeness (QED) is 0.0261. The number of aliphatic hydroxyl groups excluding tert-OH is 5.